The third kappa shape index (κ3) is 6.94. The molecule has 0 atom stereocenters. The lowest BCUT2D eigenvalue weighted by Crippen LogP contribution is -2.27. The van der Waals surface area contributed by atoms with Crippen LogP contribution >= 0.6 is 22.6 Å². The highest BCUT2D eigenvalue weighted by Gasteiger charge is 2.14. The summed E-state index contributed by atoms with van der Waals surface area (Å²) in [5, 5.41) is 0. The first-order valence-electron chi connectivity index (χ1n) is 11.6. The Morgan fingerprint density at radius 3 is 1.88 bits per heavy atom. The van der Waals surface area contributed by atoms with Crippen LogP contribution in [0.3, 0.4) is 0 Å². The standard InChI is InChI=1S/C29H34INO/c1-3-31(4-2)22-23-32-27-19-17-26(18-20-27)29(25-14-9-6-10-15-25)28(16-11-21-30)24-12-7-5-8-13-24/h5-10,12-15,17-20H,3-4,11,16,21-23H2,1-2H3/b29-28-/i30-4. The third-order valence-corrected chi connectivity index (χ3v) is 6.52. The number of halogens is 1. The highest BCUT2D eigenvalue weighted by Crippen LogP contribution is 2.35. The Bertz CT molecular complexity index is 947. The van der Waals surface area contributed by atoms with E-state index in [0.717, 1.165) is 42.7 Å². The van der Waals surface area contributed by atoms with Crippen molar-refractivity contribution in [3.63, 3.8) is 0 Å². The Morgan fingerprint density at radius 1 is 0.750 bits per heavy atom. The topological polar surface area (TPSA) is 12.5 Å². The Labute approximate surface area is 207 Å². The lowest BCUT2D eigenvalue weighted by Gasteiger charge is -2.19. The van der Waals surface area contributed by atoms with Gasteiger partial charge in [-0.05, 0) is 70.3 Å². The fraction of sp³-hybridized carbons (Fsp3) is 0.310. The second-order valence-electron chi connectivity index (χ2n) is 7.78. The van der Waals surface area contributed by atoms with Gasteiger partial charge >= 0.3 is 0 Å². The van der Waals surface area contributed by atoms with Crippen LogP contribution in [0.4, 0.5) is 0 Å². The van der Waals surface area contributed by atoms with Crippen LogP contribution in [0, 0.1) is 0 Å². The number of benzene rings is 3. The number of allylic oxidation sites excluding steroid dienone is 1. The maximum atomic E-state index is 6.03. The summed E-state index contributed by atoms with van der Waals surface area (Å²) in [6.45, 7) is 8.18. The molecule has 3 aromatic rings. The van der Waals surface area contributed by atoms with E-state index in [2.05, 4.69) is 126 Å². The molecule has 0 aliphatic rings. The summed E-state index contributed by atoms with van der Waals surface area (Å²) in [5.41, 5.74) is 6.52. The van der Waals surface area contributed by atoms with Gasteiger partial charge in [-0.3, -0.25) is 0 Å². The van der Waals surface area contributed by atoms with E-state index >= 15 is 0 Å². The number of hydrogen-bond donors (Lipinski definition) is 0. The van der Waals surface area contributed by atoms with Crippen molar-refractivity contribution >= 4 is 33.7 Å². The van der Waals surface area contributed by atoms with Crippen molar-refractivity contribution in [2.45, 2.75) is 26.7 Å². The van der Waals surface area contributed by atoms with Crippen molar-refractivity contribution in [1.29, 1.82) is 0 Å². The zero-order valence-corrected chi connectivity index (χ0v) is 21.4. The number of ether oxygens (including phenoxy) is 1. The molecule has 0 saturated carbocycles. The lowest BCUT2D eigenvalue weighted by molar-refractivity contribution is 0.223. The van der Waals surface area contributed by atoms with Crippen LogP contribution in [0.15, 0.2) is 84.9 Å². The van der Waals surface area contributed by atoms with E-state index in [1.54, 1.807) is 0 Å². The summed E-state index contributed by atoms with van der Waals surface area (Å²) in [6, 6.07) is 30.2. The Kier molecular flexibility index (Phi) is 10.3. The molecule has 3 aromatic carbocycles. The van der Waals surface area contributed by atoms with Gasteiger partial charge in [0.05, 0.1) is 0 Å². The normalized spacial score (nSPS) is 12.0. The van der Waals surface area contributed by atoms with Gasteiger partial charge < -0.3 is 9.64 Å². The molecule has 0 bridgehead atoms. The number of hydrogen-bond acceptors (Lipinski definition) is 2. The molecule has 0 heterocycles. The minimum absolute atomic E-state index is 0.716. The molecule has 2 nitrogen and oxygen atoms in total. The summed E-state index contributed by atoms with van der Waals surface area (Å²) in [4.78, 5) is 2.38. The van der Waals surface area contributed by atoms with Crippen molar-refractivity contribution < 1.29 is 4.74 Å². The smallest absolute Gasteiger partial charge is 0.119 e. The second kappa shape index (κ2) is 13.4. The molecule has 32 heavy (non-hydrogen) atoms. The van der Waals surface area contributed by atoms with Gasteiger partial charge in [0, 0.05) is 6.54 Å². The Morgan fingerprint density at radius 2 is 1.31 bits per heavy atom. The number of likely N-dealkylation sites (N-methyl/N-ethyl adjacent to an activating group) is 1. The zero-order valence-electron chi connectivity index (χ0n) is 19.3. The van der Waals surface area contributed by atoms with E-state index in [1.165, 1.54) is 27.8 Å². The fourth-order valence-corrected chi connectivity index (χ4v) is 4.35. The molecule has 0 aliphatic heterocycles. The SMILES string of the molecule is CCN(CC)CCOc1ccc(/C(=C(/CCC[123I])c2ccccc2)c2ccccc2)cc1. The summed E-state index contributed by atoms with van der Waals surface area (Å²) in [6.07, 6.45) is 2.22. The van der Waals surface area contributed by atoms with Gasteiger partial charge in [0.2, 0.25) is 0 Å². The first-order valence-corrected chi connectivity index (χ1v) is 13.1. The van der Waals surface area contributed by atoms with E-state index in [4.69, 9.17) is 4.74 Å². The molecule has 0 amide bonds. The first kappa shape index (κ1) is 24.5. The summed E-state index contributed by atoms with van der Waals surface area (Å²) in [5.74, 6) is 0.932. The van der Waals surface area contributed by atoms with Crippen molar-refractivity contribution in [2.75, 3.05) is 30.7 Å². The second-order valence-corrected chi connectivity index (χ2v) is 8.86. The van der Waals surface area contributed by atoms with Crippen LogP contribution in [0.1, 0.15) is 43.4 Å². The number of nitrogens with zero attached hydrogens (tertiary/aromatic N) is 1. The van der Waals surface area contributed by atoms with Gasteiger partial charge in [0.25, 0.3) is 0 Å². The zero-order chi connectivity index (χ0) is 22.6. The molecule has 0 fully saturated rings. The minimum Gasteiger partial charge on any atom is -0.492 e. The van der Waals surface area contributed by atoms with Crippen LogP contribution in [0.5, 0.6) is 5.75 Å². The number of alkyl halides is 1. The summed E-state index contributed by atoms with van der Waals surface area (Å²) in [7, 11) is 0. The first-order chi connectivity index (χ1) is 15.8. The molecule has 0 N–H and O–H groups in total. The van der Waals surface area contributed by atoms with E-state index in [9.17, 15) is 0 Å². The molecule has 0 spiro atoms. The molecule has 0 aliphatic carbocycles. The molecule has 3 heteroatoms. The van der Waals surface area contributed by atoms with E-state index in [1.807, 2.05) is 0 Å². The van der Waals surface area contributed by atoms with Crippen LogP contribution in [0.2, 0.25) is 0 Å². The molecule has 3 rings (SSSR count). The Balaban J connectivity index is 1.95. The third-order valence-electron chi connectivity index (χ3n) is 5.76. The molecule has 0 aromatic heterocycles. The van der Waals surface area contributed by atoms with E-state index in [0.29, 0.717) is 6.61 Å². The Hall–Kier alpha value is -2.11. The van der Waals surface area contributed by atoms with Gasteiger partial charge in [0.15, 0.2) is 0 Å². The van der Waals surface area contributed by atoms with Gasteiger partial charge in [0.1, 0.15) is 12.4 Å². The molecule has 0 saturated heterocycles. The van der Waals surface area contributed by atoms with Crippen LogP contribution in [0.25, 0.3) is 11.1 Å². The van der Waals surface area contributed by atoms with E-state index < -0.39 is 0 Å². The highest BCUT2D eigenvalue weighted by atomic mass is 123. The average molecular weight is 536 g/mol. The molecular weight excluding hydrogens is 501 g/mol. The molecule has 168 valence electrons. The van der Waals surface area contributed by atoms with Gasteiger partial charge in [-0.1, -0.05) is 109 Å². The number of rotatable bonds is 12. The molecular formula is C29H34INO. The summed E-state index contributed by atoms with van der Waals surface area (Å²) >= 11 is 2.48. The minimum atomic E-state index is 0.716. The van der Waals surface area contributed by atoms with E-state index in [-0.39, 0.29) is 0 Å². The maximum Gasteiger partial charge on any atom is 0.119 e. The van der Waals surface area contributed by atoms with Crippen molar-refractivity contribution in [3.05, 3.63) is 102 Å². The molecule has 0 radical (unpaired) electrons. The summed E-state index contributed by atoms with van der Waals surface area (Å²) < 4.78 is 7.18. The van der Waals surface area contributed by atoms with Gasteiger partial charge in [-0.15, -0.1) is 0 Å². The van der Waals surface area contributed by atoms with Crippen LogP contribution in [-0.2, 0) is 0 Å². The largest absolute Gasteiger partial charge is 0.492 e. The fourth-order valence-electron chi connectivity index (χ4n) is 3.97. The van der Waals surface area contributed by atoms with Gasteiger partial charge in [-0.25, -0.2) is 0 Å². The quantitative estimate of drug-likeness (QED) is 0.135. The average Bonchev–Trinajstić information content (AvgIpc) is 2.86. The van der Waals surface area contributed by atoms with Crippen molar-refractivity contribution in [1.82, 2.24) is 4.90 Å². The van der Waals surface area contributed by atoms with Crippen molar-refractivity contribution in [3.8, 4) is 5.75 Å². The maximum absolute atomic E-state index is 6.03. The monoisotopic (exact) mass is 535 g/mol. The van der Waals surface area contributed by atoms with Crippen LogP contribution < -0.4 is 4.74 Å². The predicted octanol–water partition coefficient (Wildman–Crippen LogP) is 7.58. The van der Waals surface area contributed by atoms with Crippen molar-refractivity contribution in [2.24, 2.45) is 0 Å². The lowest BCUT2D eigenvalue weighted by atomic mass is 9.87. The highest BCUT2D eigenvalue weighted by molar-refractivity contribution is 14.1. The predicted molar refractivity (Wildman–Crippen MR) is 147 cm³/mol. The van der Waals surface area contributed by atoms with Gasteiger partial charge in [-0.2, -0.15) is 0 Å². The van der Waals surface area contributed by atoms with Crippen LogP contribution in [-0.4, -0.2) is 35.6 Å². The molecule has 0 unspecified atom stereocenters.